The highest BCUT2D eigenvalue weighted by molar-refractivity contribution is 7.82. The first-order valence-electron chi connectivity index (χ1n) is 7.54. The molecule has 0 unspecified atom stereocenters. The summed E-state index contributed by atoms with van der Waals surface area (Å²) in [6.45, 7) is 6.41. The first-order chi connectivity index (χ1) is 9.60. The Morgan fingerprint density at radius 2 is 1.75 bits per heavy atom. The number of carbonyl (C=O) groups excluding carboxylic acids is 1. The van der Waals surface area contributed by atoms with Crippen LogP contribution in [0.15, 0.2) is 12.1 Å². The lowest BCUT2D eigenvalue weighted by atomic mass is 9.98. The van der Waals surface area contributed by atoms with Crippen molar-refractivity contribution in [3.05, 3.63) is 28.8 Å². The van der Waals surface area contributed by atoms with E-state index in [2.05, 4.69) is 51.0 Å². The van der Waals surface area contributed by atoms with Gasteiger partial charge in [0.15, 0.2) is 0 Å². The zero-order valence-electron chi connectivity index (χ0n) is 12.6. The van der Waals surface area contributed by atoms with Gasteiger partial charge in [-0.1, -0.05) is 45.7 Å². The van der Waals surface area contributed by atoms with Gasteiger partial charge in [-0.3, -0.25) is 0 Å². The monoisotopic (exact) mass is 292 g/mol. The molecule has 4 heteroatoms. The Morgan fingerprint density at radius 1 is 1.20 bits per heavy atom. The number of carbonyl (C=O) groups is 1. The van der Waals surface area contributed by atoms with Crippen molar-refractivity contribution < 1.29 is 4.79 Å². The van der Waals surface area contributed by atoms with Crippen molar-refractivity contribution in [3.8, 4) is 0 Å². The fourth-order valence-electron chi connectivity index (χ4n) is 2.41. The van der Waals surface area contributed by atoms with E-state index in [9.17, 15) is 4.79 Å². The molecule has 1 fully saturated rings. The molecular weight excluding hydrogens is 268 g/mol. The molecule has 2 amide bonds. The lowest BCUT2D eigenvalue weighted by molar-refractivity contribution is 0.249. The fraction of sp³-hybridized carbons (Fsp3) is 0.562. The normalized spacial score (nSPS) is 14.2. The van der Waals surface area contributed by atoms with Crippen LogP contribution in [0.25, 0.3) is 0 Å². The van der Waals surface area contributed by atoms with E-state index in [1.54, 1.807) is 0 Å². The van der Waals surface area contributed by atoms with E-state index in [1.807, 2.05) is 0 Å². The minimum absolute atomic E-state index is 0.107. The van der Waals surface area contributed by atoms with Gasteiger partial charge in [-0.25, -0.2) is 9.10 Å². The third-order valence-electron chi connectivity index (χ3n) is 3.81. The third kappa shape index (κ3) is 3.29. The summed E-state index contributed by atoms with van der Waals surface area (Å²) in [6.07, 6.45) is 5.00. The van der Waals surface area contributed by atoms with Gasteiger partial charge in [-0.05, 0) is 48.8 Å². The highest BCUT2D eigenvalue weighted by Gasteiger charge is 2.27. The number of rotatable bonds is 5. The van der Waals surface area contributed by atoms with Crippen LogP contribution in [0, 0.1) is 0 Å². The van der Waals surface area contributed by atoms with E-state index in [0.29, 0.717) is 6.04 Å². The number of aryl methyl sites for hydroxylation is 3. The number of hydrogen-bond acceptors (Lipinski definition) is 2. The summed E-state index contributed by atoms with van der Waals surface area (Å²) in [5.74, 6) is 0. The Kier molecular flexibility index (Phi) is 4.97. The molecule has 20 heavy (non-hydrogen) atoms. The molecule has 0 saturated heterocycles. The average molecular weight is 292 g/mol. The van der Waals surface area contributed by atoms with Gasteiger partial charge >= 0.3 is 6.03 Å². The van der Waals surface area contributed by atoms with Crippen LogP contribution in [0.1, 0.15) is 50.3 Å². The standard InChI is InChI=1S/C16H24N2OS/c1-4-11-9-12(5-2)15(13(6-3)10-11)18(20)16(19)17-14-7-8-14/h9-10,14,20H,4-8H2,1-3H3,(H,17,19). The minimum Gasteiger partial charge on any atom is -0.334 e. The average Bonchev–Trinajstić information content (AvgIpc) is 3.28. The molecule has 1 saturated carbocycles. The summed E-state index contributed by atoms with van der Waals surface area (Å²) >= 11 is 4.45. The van der Waals surface area contributed by atoms with Gasteiger partial charge in [0.2, 0.25) is 0 Å². The van der Waals surface area contributed by atoms with E-state index in [4.69, 9.17) is 0 Å². The van der Waals surface area contributed by atoms with E-state index in [-0.39, 0.29) is 6.03 Å². The number of urea groups is 1. The molecule has 110 valence electrons. The summed E-state index contributed by atoms with van der Waals surface area (Å²) in [5.41, 5.74) is 4.68. The van der Waals surface area contributed by atoms with Crippen molar-refractivity contribution in [3.63, 3.8) is 0 Å². The summed E-state index contributed by atoms with van der Waals surface area (Å²) in [4.78, 5) is 12.2. The number of thiol groups is 1. The van der Waals surface area contributed by atoms with Gasteiger partial charge in [0, 0.05) is 6.04 Å². The summed E-state index contributed by atoms with van der Waals surface area (Å²) in [6, 6.07) is 4.64. The van der Waals surface area contributed by atoms with Gasteiger partial charge < -0.3 is 5.32 Å². The molecule has 0 spiro atoms. The molecular formula is C16H24N2OS. The molecule has 0 aromatic heterocycles. The zero-order chi connectivity index (χ0) is 14.7. The van der Waals surface area contributed by atoms with Crippen LogP contribution >= 0.6 is 12.8 Å². The fourth-order valence-corrected chi connectivity index (χ4v) is 2.73. The molecule has 0 radical (unpaired) electrons. The quantitative estimate of drug-likeness (QED) is 0.793. The molecule has 2 rings (SSSR count). The van der Waals surface area contributed by atoms with Crippen LogP contribution in [0.3, 0.4) is 0 Å². The van der Waals surface area contributed by atoms with E-state index < -0.39 is 0 Å². The lowest BCUT2D eigenvalue weighted by Gasteiger charge is -2.23. The lowest BCUT2D eigenvalue weighted by Crippen LogP contribution is -2.36. The van der Waals surface area contributed by atoms with Crippen molar-refractivity contribution in [2.75, 3.05) is 4.31 Å². The second-order valence-electron chi connectivity index (χ2n) is 5.36. The smallest absolute Gasteiger partial charge is 0.332 e. The molecule has 3 nitrogen and oxygen atoms in total. The molecule has 0 atom stereocenters. The number of nitrogens with zero attached hydrogens (tertiary/aromatic N) is 1. The first-order valence-corrected chi connectivity index (χ1v) is 7.94. The third-order valence-corrected chi connectivity index (χ3v) is 4.19. The number of nitrogens with one attached hydrogen (secondary N) is 1. The highest BCUT2D eigenvalue weighted by atomic mass is 32.1. The zero-order valence-corrected chi connectivity index (χ0v) is 13.5. The van der Waals surface area contributed by atoms with Gasteiger partial charge in [0.1, 0.15) is 0 Å². The predicted octanol–water partition coefficient (Wildman–Crippen LogP) is 3.90. The van der Waals surface area contributed by atoms with Crippen LogP contribution in [0.4, 0.5) is 10.5 Å². The van der Waals surface area contributed by atoms with E-state index in [0.717, 1.165) is 37.8 Å². The van der Waals surface area contributed by atoms with Crippen LogP contribution in [-0.2, 0) is 19.3 Å². The highest BCUT2D eigenvalue weighted by Crippen LogP contribution is 2.31. The first kappa shape index (κ1) is 15.2. The maximum atomic E-state index is 12.2. The van der Waals surface area contributed by atoms with E-state index in [1.165, 1.54) is 21.0 Å². The Morgan fingerprint density at radius 3 is 2.15 bits per heavy atom. The number of benzene rings is 1. The Balaban J connectivity index is 2.33. The van der Waals surface area contributed by atoms with Crippen LogP contribution < -0.4 is 9.62 Å². The van der Waals surface area contributed by atoms with Crippen molar-refractivity contribution in [1.29, 1.82) is 0 Å². The molecule has 0 heterocycles. The number of hydrogen-bond donors (Lipinski definition) is 2. The van der Waals surface area contributed by atoms with Gasteiger partial charge in [0.05, 0.1) is 5.69 Å². The molecule has 1 N–H and O–H groups in total. The van der Waals surface area contributed by atoms with Gasteiger partial charge in [-0.2, -0.15) is 0 Å². The SMILES string of the molecule is CCc1cc(CC)c(N(S)C(=O)NC2CC2)c(CC)c1. The largest absolute Gasteiger partial charge is 0.334 e. The number of amides is 2. The molecule has 1 aromatic rings. The summed E-state index contributed by atoms with van der Waals surface area (Å²) in [5, 5.41) is 2.99. The van der Waals surface area contributed by atoms with Crippen LogP contribution in [0.2, 0.25) is 0 Å². The Bertz CT molecular complexity index is 472. The molecule has 1 aromatic carbocycles. The van der Waals surface area contributed by atoms with Crippen molar-refractivity contribution in [1.82, 2.24) is 5.32 Å². The number of anilines is 1. The Hall–Kier alpha value is -1.16. The van der Waals surface area contributed by atoms with Gasteiger partial charge in [0.25, 0.3) is 0 Å². The van der Waals surface area contributed by atoms with Crippen molar-refractivity contribution in [2.45, 2.75) is 58.9 Å². The van der Waals surface area contributed by atoms with Gasteiger partial charge in [-0.15, -0.1) is 0 Å². The topological polar surface area (TPSA) is 32.3 Å². The van der Waals surface area contributed by atoms with Crippen molar-refractivity contribution >= 4 is 24.5 Å². The maximum Gasteiger partial charge on any atom is 0.332 e. The van der Waals surface area contributed by atoms with Crippen LogP contribution in [0.5, 0.6) is 0 Å². The molecule has 0 aliphatic heterocycles. The summed E-state index contributed by atoms with van der Waals surface area (Å²) < 4.78 is 1.50. The van der Waals surface area contributed by atoms with Crippen LogP contribution in [-0.4, -0.2) is 12.1 Å². The summed E-state index contributed by atoms with van der Waals surface area (Å²) in [7, 11) is 0. The molecule has 1 aliphatic rings. The van der Waals surface area contributed by atoms with E-state index >= 15 is 0 Å². The van der Waals surface area contributed by atoms with Crippen molar-refractivity contribution in [2.24, 2.45) is 0 Å². The molecule has 0 bridgehead atoms. The molecule has 1 aliphatic carbocycles. The maximum absolute atomic E-state index is 12.2. The minimum atomic E-state index is -0.107. The second kappa shape index (κ2) is 6.53. The Labute approximate surface area is 127 Å². The predicted molar refractivity (Wildman–Crippen MR) is 87.6 cm³/mol. The second-order valence-corrected chi connectivity index (χ2v) is 5.76.